The van der Waals surface area contributed by atoms with Gasteiger partial charge in [-0.1, -0.05) is 32.4 Å². The first kappa shape index (κ1) is 14.0. The number of benzene rings is 1. The molecule has 3 rings (SSSR count). The Bertz CT molecular complexity index is 554. The second-order valence-electron chi connectivity index (χ2n) is 6.66. The van der Waals surface area contributed by atoms with E-state index in [0.717, 1.165) is 17.9 Å². The highest BCUT2D eigenvalue weighted by Crippen LogP contribution is 2.45. The highest BCUT2D eigenvalue weighted by atomic mass is 32.1. The Morgan fingerprint density at radius 1 is 1.40 bits per heavy atom. The molecule has 2 atom stereocenters. The number of hydrogen-bond donors (Lipinski definition) is 1. The predicted octanol–water partition coefficient (Wildman–Crippen LogP) is 4.25. The highest BCUT2D eigenvalue weighted by molar-refractivity contribution is 7.18. The van der Waals surface area contributed by atoms with E-state index in [4.69, 9.17) is 4.98 Å². The molecule has 1 N–H and O–H groups in total. The Morgan fingerprint density at radius 3 is 2.85 bits per heavy atom. The Morgan fingerprint density at radius 2 is 2.20 bits per heavy atom. The number of aromatic nitrogens is 1. The predicted molar refractivity (Wildman–Crippen MR) is 87.3 cm³/mol. The van der Waals surface area contributed by atoms with Crippen molar-refractivity contribution in [2.24, 2.45) is 11.3 Å². The third kappa shape index (κ3) is 2.61. The normalized spacial score (nSPS) is 23.2. The van der Waals surface area contributed by atoms with Crippen molar-refractivity contribution in [2.75, 3.05) is 7.05 Å². The van der Waals surface area contributed by atoms with Crippen molar-refractivity contribution in [1.29, 1.82) is 0 Å². The minimum absolute atomic E-state index is 0.463. The first-order valence-electron chi connectivity index (χ1n) is 7.62. The lowest BCUT2D eigenvalue weighted by Crippen LogP contribution is -2.40. The summed E-state index contributed by atoms with van der Waals surface area (Å²) in [6.07, 6.45) is 5.14. The minimum Gasteiger partial charge on any atom is -0.316 e. The number of nitrogens with one attached hydrogen (secondary N) is 1. The van der Waals surface area contributed by atoms with E-state index in [1.165, 1.54) is 29.0 Å². The van der Waals surface area contributed by atoms with Gasteiger partial charge in [-0.05, 0) is 43.4 Å². The van der Waals surface area contributed by atoms with Crippen LogP contribution in [-0.4, -0.2) is 18.1 Å². The van der Waals surface area contributed by atoms with Crippen molar-refractivity contribution in [3.05, 3.63) is 29.3 Å². The molecule has 1 heterocycles. The third-order valence-corrected chi connectivity index (χ3v) is 5.99. The second-order valence-corrected chi connectivity index (χ2v) is 7.78. The van der Waals surface area contributed by atoms with Crippen molar-refractivity contribution in [3.63, 3.8) is 0 Å². The van der Waals surface area contributed by atoms with Crippen LogP contribution in [0.3, 0.4) is 0 Å². The maximum Gasteiger partial charge on any atom is 0.0954 e. The fourth-order valence-corrected chi connectivity index (χ4v) is 4.77. The molecule has 1 aliphatic carbocycles. The number of hydrogen-bond acceptors (Lipinski definition) is 3. The van der Waals surface area contributed by atoms with Gasteiger partial charge in [0, 0.05) is 12.5 Å². The summed E-state index contributed by atoms with van der Waals surface area (Å²) in [5.74, 6) is 0.763. The van der Waals surface area contributed by atoms with E-state index in [2.05, 4.69) is 50.5 Å². The molecule has 0 bridgehead atoms. The summed E-state index contributed by atoms with van der Waals surface area (Å²) in [5, 5.41) is 4.83. The van der Waals surface area contributed by atoms with Gasteiger partial charge in [-0.25, -0.2) is 4.98 Å². The van der Waals surface area contributed by atoms with Crippen LogP contribution >= 0.6 is 11.3 Å². The zero-order valence-electron chi connectivity index (χ0n) is 12.6. The van der Waals surface area contributed by atoms with Gasteiger partial charge in [0.2, 0.25) is 0 Å². The van der Waals surface area contributed by atoms with Gasteiger partial charge >= 0.3 is 0 Å². The lowest BCUT2D eigenvalue weighted by molar-refractivity contribution is 0.201. The van der Waals surface area contributed by atoms with Gasteiger partial charge in [0.25, 0.3) is 0 Å². The van der Waals surface area contributed by atoms with Crippen LogP contribution in [0.15, 0.2) is 24.3 Å². The molecule has 0 saturated heterocycles. The molecule has 1 fully saturated rings. The number of nitrogens with zero attached hydrogens (tertiary/aromatic N) is 1. The van der Waals surface area contributed by atoms with E-state index in [1.54, 1.807) is 0 Å². The molecule has 3 heteroatoms. The zero-order chi connectivity index (χ0) is 14.2. The molecule has 2 aromatic rings. The lowest BCUT2D eigenvalue weighted by Gasteiger charge is -2.33. The molecule has 0 amide bonds. The summed E-state index contributed by atoms with van der Waals surface area (Å²) in [6.45, 7) is 4.85. The van der Waals surface area contributed by atoms with Gasteiger partial charge in [-0.15, -0.1) is 11.3 Å². The Hall–Kier alpha value is -0.930. The number of rotatable bonds is 4. The first-order chi connectivity index (χ1) is 9.60. The summed E-state index contributed by atoms with van der Waals surface area (Å²) in [6, 6.07) is 9.00. The van der Waals surface area contributed by atoms with Gasteiger partial charge in [-0.3, -0.25) is 0 Å². The van der Waals surface area contributed by atoms with Crippen LogP contribution in [0.2, 0.25) is 0 Å². The highest BCUT2D eigenvalue weighted by Gasteiger charge is 2.39. The van der Waals surface area contributed by atoms with Crippen LogP contribution in [0.1, 0.15) is 38.1 Å². The summed E-state index contributed by atoms with van der Waals surface area (Å²) in [5.41, 5.74) is 1.61. The van der Waals surface area contributed by atoms with Gasteiger partial charge in [0.05, 0.1) is 15.2 Å². The van der Waals surface area contributed by atoms with E-state index in [0.29, 0.717) is 11.5 Å². The maximum absolute atomic E-state index is 4.80. The molecule has 1 aromatic heterocycles. The van der Waals surface area contributed by atoms with E-state index in [-0.39, 0.29) is 0 Å². The summed E-state index contributed by atoms with van der Waals surface area (Å²) < 4.78 is 1.31. The van der Waals surface area contributed by atoms with Crippen LogP contribution in [0.5, 0.6) is 0 Å². The average molecular weight is 288 g/mol. The summed E-state index contributed by atoms with van der Waals surface area (Å²) in [7, 11) is 2.10. The van der Waals surface area contributed by atoms with Gasteiger partial charge < -0.3 is 5.32 Å². The SMILES string of the molecule is CNC(Cc1nc2ccccc2s1)C1CCCC1(C)C. The second kappa shape index (κ2) is 5.45. The van der Waals surface area contributed by atoms with Crippen molar-refractivity contribution >= 4 is 21.6 Å². The Labute approximate surface area is 125 Å². The van der Waals surface area contributed by atoms with E-state index < -0.39 is 0 Å². The summed E-state index contributed by atoms with van der Waals surface area (Å²) in [4.78, 5) is 4.80. The average Bonchev–Trinajstić information content (AvgIpc) is 2.98. The zero-order valence-corrected chi connectivity index (χ0v) is 13.5. The number of thiazole rings is 1. The minimum atomic E-state index is 0.463. The molecule has 108 valence electrons. The monoisotopic (exact) mass is 288 g/mol. The molecule has 0 spiro atoms. The van der Waals surface area contributed by atoms with Crippen molar-refractivity contribution < 1.29 is 0 Å². The van der Waals surface area contributed by atoms with E-state index in [9.17, 15) is 0 Å². The van der Waals surface area contributed by atoms with Crippen molar-refractivity contribution in [3.8, 4) is 0 Å². The number of para-hydroxylation sites is 1. The summed E-state index contributed by atoms with van der Waals surface area (Å²) >= 11 is 1.85. The molecular weight excluding hydrogens is 264 g/mol. The Kier molecular flexibility index (Phi) is 3.83. The van der Waals surface area contributed by atoms with Crippen LogP contribution in [0.4, 0.5) is 0 Å². The molecule has 20 heavy (non-hydrogen) atoms. The van der Waals surface area contributed by atoms with E-state index >= 15 is 0 Å². The standard InChI is InChI=1S/C17H24N2S/c1-17(2)10-6-7-12(17)14(18-3)11-16-19-13-8-4-5-9-15(13)20-16/h4-5,8-9,12,14,18H,6-7,10-11H2,1-3H3. The number of likely N-dealkylation sites (N-methyl/N-ethyl adjacent to an activating group) is 1. The third-order valence-electron chi connectivity index (χ3n) is 4.93. The molecule has 1 aromatic carbocycles. The molecule has 0 radical (unpaired) electrons. The van der Waals surface area contributed by atoms with Crippen molar-refractivity contribution in [1.82, 2.24) is 10.3 Å². The first-order valence-corrected chi connectivity index (χ1v) is 8.43. The molecule has 1 saturated carbocycles. The van der Waals surface area contributed by atoms with Crippen LogP contribution < -0.4 is 5.32 Å². The van der Waals surface area contributed by atoms with Gasteiger partial charge in [-0.2, -0.15) is 0 Å². The largest absolute Gasteiger partial charge is 0.316 e. The quantitative estimate of drug-likeness (QED) is 0.909. The fraction of sp³-hybridized carbons (Fsp3) is 0.588. The lowest BCUT2D eigenvalue weighted by atomic mass is 9.76. The van der Waals surface area contributed by atoms with Crippen LogP contribution in [-0.2, 0) is 6.42 Å². The molecule has 2 unspecified atom stereocenters. The molecule has 2 nitrogen and oxygen atoms in total. The molecule has 0 aliphatic heterocycles. The van der Waals surface area contributed by atoms with Crippen LogP contribution in [0, 0.1) is 11.3 Å². The van der Waals surface area contributed by atoms with E-state index in [1.807, 2.05) is 11.3 Å². The topological polar surface area (TPSA) is 24.9 Å². The fourth-order valence-electron chi connectivity index (χ4n) is 3.74. The smallest absolute Gasteiger partial charge is 0.0954 e. The molecular formula is C17H24N2S. The molecule has 1 aliphatic rings. The van der Waals surface area contributed by atoms with Crippen LogP contribution in [0.25, 0.3) is 10.2 Å². The van der Waals surface area contributed by atoms with Gasteiger partial charge in [0.1, 0.15) is 0 Å². The number of fused-ring (bicyclic) bond motifs is 1. The maximum atomic E-state index is 4.80. The van der Waals surface area contributed by atoms with Gasteiger partial charge in [0.15, 0.2) is 0 Å². The Balaban J connectivity index is 1.80. The van der Waals surface area contributed by atoms with Crippen molar-refractivity contribution in [2.45, 2.75) is 45.6 Å².